The summed E-state index contributed by atoms with van der Waals surface area (Å²) in [7, 11) is 1.49. The maximum Gasteiger partial charge on any atom is 0.264 e. The number of hydrogen-bond acceptors (Lipinski definition) is 6. The fraction of sp³-hybridized carbons (Fsp3) is 0.250. The first kappa shape index (κ1) is 21.9. The number of halogens is 1. The largest absolute Gasteiger partial charge is 0.491 e. The van der Waals surface area contributed by atoms with Gasteiger partial charge in [-0.15, -0.1) is 0 Å². The molecule has 32 heavy (non-hydrogen) atoms. The molecule has 0 unspecified atom stereocenters. The number of anilines is 1. The van der Waals surface area contributed by atoms with E-state index in [4.69, 9.17) is 25.8 Å². The Hall–Kier alpha value is -3.29. The maximum atomic E-state index is 13.1. The summed E-state index contributed by atoms with van der Waals surface area (Å²) in [5.41, 5.74) is 1.85. The molecule has 0 bridgehead atoms. The van der Waals surface area contributed by atoms with E-state index in [2.05, 4.69) is 4.98 Å². The van der Waals surface area contributed by atoms with Gasteiger partial charge in [-0.05, 0) is 49.2 Å². The molecule has 7 nitrogen and oxygen atoms in total. The van der Waals surface area contributed by atoms with Crippen molar-refractivity contribution in [1.82, 2.24) is 4.98 Å². The Morgan fingerprint density at radius 1 is 1.16 bits per heavy atom. The second-order valence-electron chi connectivity index (χ2n) is 8.03. The van der Waals surface area contributed by atoms with Crippen LogP contribution in [0.5, 0.6) is 17.4 Å². The Labute approximate surface area is 191 Å². The molecule has 3 aromatic rings. The third-order valence-electron chi connectivity index (χ3n) is 4.88. The van der Waals surface area contributed by atoms with Crippen molar-refractivity contribution in [3.63, 3.8) is 0 Å². The normalized spacial score (nSPS) is 13.4. The van der Waals surface area contributed by atoms with Gasteiger partial charge in [0.15, 0.2) is 12.5 Å². The molecule has 1 aliphatic heterocycles. The van der Waals surface area contributed by atoms with Crippen LogP contribution in [-0.4, -0.2) is 42.0 Å². The molecule has 0 aliphatic carbocycles. The quantitative estimate of drug-likeness (QED) is 0.588. The maximum absolute atomic E-state index is 13.1. The van der Waals surface area contributed by atoms with Gasteiger partial charge in [0.1, 0.15) is 12.4 Å². The topological polar surface area (TPSA) is 81.1 Å². The summed E-state index contributed by atoms with van der Waals surface area (Å²) < 4.78 is 16.8. The lowest BCUT2D eigenvalue weighted by Gasteiger charge is -2.29. The fourth-order valence-electron chi connectivity index (χ4n) is 3.24. The number of methoxy groups -OCH3 is 1. The second kappa shape index (κ2) is 8.68. The van der Waals surface area contributed by atoms with Crippen molar-refractivity contribution in [2.75, 3.05) is 25.3 Å². The minimum atomic E-state index is -1.02. The molecule has 1 amide bonds. The SMILES string of the molecule is COc1cc(N2COc3cc(-c4ccc(Cl)cc4)ccc3C2=O)cnc1OCC(C)(C)O. The van der Waals surface area contributed by atoms with Crippen LogP contribution in [0.25, 0.3) is 11.1 Å². The number of carbonyl (C=O) groups excluding carboxylic acids is 1. The van der Waals surface area contributed by atoms with Crippen molar-refractivity contribution in [3.8, 4) is 28.5 Å². The van der Waals surface area contributed by atoms with Crippen molar-refractivity contribution in [2.24, 2.45) is 0 Å². The minimum Gasteiger partial charge on any atom is -0.491 e. The number of hydrogen-bond donors (Lipinski definition) is 1. The molecular formula is C24H23ClN2O5. The average Bonchev–Trinajstić information content (AvgIpc) is 2.77. The molecule has 4 rings (SSSR count). The number of fused-ring (bicyclic) bond motifs is 1. The molecule has 0 radical (unpaired) electrons. The Balaban J connectivity index is 1.57. The number of aromatic nitrogens is 1. The molecule has 0 fully saturated rings. The summed E-state index contributed by atoms with van der Waals surface area (Å²) in [6.07, 6.45) is 1.51. The van der Waals surface area contributed by atoms with Gasteiger partial charge in [0.25, 0.3) is 11.8 Å². The van der Waals surface area contributed by atoms with Crippen molar-refractivity contribution < 1.29 is 24.1 Å². The van der Waals surface area contributed by atoms with E-state index >= 15 is 0 Å². The lowest BCUT2D eigenvalue weighted by molar-refractivity contribution is 0.0259. The summed E-state index contributed by atoms with van der Waals surface area (Å²) in [6, 6.07) is 14.6. The van der Waals surface area contributed by atoms with Crippen molar-refractivity contribution in [1.29, 1.82) is 0 Å². The van der Waals surface area contributed by atoms with Gasteiger partial charge in [-0.1, -0.05) is 29.8 Å². The molecule has 166 valence electrons. The number of nitrogens with zero attached hydrogens (tertiary/aromatic N) is 2. The van der Waals surface area contributed by atoms with Crippen molar-refractivity contribution in [2.45, 2.75) is 19.4 Å². The number of pyridine rings is 1. The monoisotopic (exact) mass is 454 g/mol. The predicted molar refractivity (Wildman–Crippen MR) is 122 cm³/mol. The molecule has 0 saturated carbocycles. The summed E-state index contributed by atoms with van der Waals surface area (Å²) in [6.45, 7) is 3.34. The highest BCUT2D eigenvalue weighted by Gasteiger charge is 2.28. The summed E-state index contributed by atoms with van der Waals surface area (Å²) in [5.74, 6) is 0.895. The molecule has 2 aromatic carbocycles. The number of rotatable bonds is 6. The fourth-order valence-corrected chi connectivity index (χ4v) is 3.37. The lowest BCUT2D eigenvalue weighted by atomic mass is 10.0. The number of amides is 1. The second-order valence-corrected chi connectivity index (χ2v) is 8.46. The zero-order chi connectivity index (χ0) is 22.9. The highest BCUT2D eigenvalue weighted by atomic mass is 35.5. The Morgan fingerprint density at radius 3 is 2.56 bits per heavy atom. The zero-order valence-electron chi connectivity index (χ0n) is 18.0. The van der Waals surface area contributed by atoms with Gasteiger partial charge in [0.2, 0.25) is 0 Å². The van der Waals surface area contributed by atoms with E-state index in [0.29, 0.717) is 27.8 Å². The van der Waals surface area contributed by atoms with Gasteiger partial charge in [-0.2, -0.15) is 0 Å². The van der Waals surface area contributed by atoms with E-state index < -0.39 is 5.60 Å². The predicted octanol–water partition coefficient (Wildman–Crippen LogP) is 4.56. The third kappa shape index (κ3) is 4.64. The summed E-state index contributed by atoms with van der Waals surface area (Å²) in [4.78, 5) is 18.9. The molecule has 8 heteroatoms. The minimum absolute atomic E-state index is 0.0324. The van der Waals surface area contributed by atoms with Crippen LogP contribution >= 0.6 is 11.6 Å². The molecule has 0 spiro atoms. The van der Waals surface area contributed by atoms with Crippen molar-refractivity contribution >= 4 is 23.2 Å². The number of benzene rings is 2. The molecule has 2 heterocycles. The van der Waals surface area contributed by atoms with Gasteiger partial charge >= 0.3 is 0 Å². The van der Waals surface area contributed by atoms with Crippen LogP contribution in [-0.2, 0) is 0 Å². The van der Waals surface area contributed by atoms with Gasteiger partial charge < -0.3 is 19.3 Å². The van der Waals surface area contributed by atoms with Crippen LogP contribution < -0.4 is 19.1 Å². The highest BCUT2D eigenvalue weighted by molar-refractivity contribution is 6.30. The van der Waals surface area contributed by atoms with Crippen molar-refractivity contribution in [3.05, 3.63) is 65.3 Å². The molecule has 1 aliphatic rings. The Bertz CT molecular complexity index is 1140. The van der Waals surface area contributed by atoms with E-state index in [-0.39, 0.29) is 25.1 Å². The Morgan fingerprint density at radius 2 is 1.88 bits per heavy atom. The Kier molecular flexibility index (Phi) is 5.95. The molecule has 0 atom stereocenters. The standard InChI is InChI=1S/C24H23ClN2O5/c1-24(2,29)13-31-22-21(30-3)11-18(12-26-22)27-14-32-20-10-16(6-9-19(20)23(27)28)15-4-7-17(25)8-5-15/h4-12,29H,13-14H2,1-3H3. The van der Waals surface area contributed by atoms with Gasteiger partial charge in [-0.25, -0.2) is 4.98 Å². The summed E-state index contributed by atoms with van der Waals surface area (Å²) >= 11 is 5.97. The first-order chi connectivity index (χ1) is 15.2. The number of carbonyl (C=O) groups is 1. The van der Waals surface area contributed by atoms with Crippen LogP contribution in [0, 0.1) is 0 Å². The number of aliphatic hydroxyl groups is 1. The van der Waals surface area contributed by atoms with E-state index in [1.165, 1.54) is 18.2 Å². The van der Waals surface area contributed by atoms with E-state index in [9.17, 15) is 9.90 Å². The average molecular weight is 455 g/mol. The van der Waals surface area contributed by atoms with Gasteiger partial charge in [0.05, 0.1) is 30.2 Å². The van der Waals surface area contributed by atoms with Gasteiger partial charge in [0, 0.05) is 11.1 Å². The van der Waals surface area contributed by atoms with Crippen LogP contribution in [0.1, 0.15) is 24.2 Å². The highest BCUT2D eigenvalue weighted by Crippen LogP contribution is 2.35. The number of ether oxygens (including phenoxy) is 3. The molecule has 0 saturated heterocycles. The molecular weight excluding hydrogens is 432 g/mol. The van der Waals surface area contributed by atoms with Crippen LogP contribution in [0.4, 0.5) is 5.69 Å². The van der Waals surface area contributed by atoms with Crippen LogP contribution in [0.3, 0.4) is 0 Å². The van der Waals surface area contributed by atoms with E-state index in [1.807, 2.05) is 36.4 Å². The first-order valence-corrected chi connectivity index (χ1v) is 10.4. The smallest absolute Gasteiger partial charge is 0.264 e. The van der Waals surface area contributed by atoms with E-state index in [0.717, 1.165) is 11.1 Å². The van der Waals surface area contributed by atoms with Gasteiger partial charge in [-0.3, -0.25) is 9.69 Å². The summed E-state index contributed by atoms with van der Waals surface area (Å²) in [5, 5.41) is 10.5. The molecule has 1 N–H and O–H groups in total. The van der Waals surface area contributed by atoms with Crippen LogP contribution in [0.15, 0.2) is 54.7 Å². The van der Waals surface area contributed by atoms with E-state index in [1.54, 1.807) is 26.0 Å². The first-order valence-electron chi connectivity index (χ1n) is 9.99. The zero-order valence-corrected chi connectivity index (χ0v) is 18.7. The lowest BCUT2D eigenvalue weighted by Crippen LogP contribution is -2.38. The molecule has 1 aromatic heterocycles. The third-order valence-corrected chi connectivity index (χ3v) is 5.13. The van der Waals surface area contributed by atoms with Crippen LogP contribution in [0.2, 0.25) is 5.02 Å².